The first-order valence-electron chi connectivity index (χ1n) is 10.3. The first-order valence-corrected chi connectivity index (χ1v) is 10.3. The Kier molecular flexibility index (Phi) is 6.84. The summed E-state index contributed by atoms with van der Waals surface area (Å²) < 4.78 is 22.2. The van der Waals surface area contributed by atoms with Crippen LogP contribution in [-0.2, 0) is 20.8 Å². The minimum Gasteiger partial charge on any atom is -0.454 e. The number of ether oxygens (including phenoxy) is 4. The van der Waals surface area contributed by atoms with Crippen molar-refractivity contribution in [2.45, 2.75) is 12.6 Å². The van der Waals surface area contributed by atoms with Gasteiger partial charge in [0.15, 0.2) is 17.6 Å². The number of benzene rings is 2. The van der Waals surface area contributed by atoms with Gasteiger partial charge in [0.2, 0.25) is 6.79 Å². The number of para-hydroxylation sites is 1. The van der Waals surface area contributed by atoms with Gasteiger partial charge in [-0.2, -0.15) is 0 Å². The second-order valence-corrected chi connectivity index (χ2v) is 7.39. The summed E-state index contributed by atoms with van der Waals surface area (Å²) in [6.07, 6.45) is -0.648. The van der Waals surface area contributed by atoms with Crippen LogP contribution in [0.3, 0.4) is 0 Å². The topological polar surface area (TPSA) is 60.5 Å². The highest BCUT2D eigenvalue weighted by molar-refractivity contribution is 5.82. The molecule has 0 radical (unpaired) electrons. The van der Waals surface area contributed by atoms with Gasteiger partial charge in [-0.3, -0.25) is 9.69 Å². The molecule has 1 saturated heterocycles. The molecule has 7 nitrogen and oxygen atoms in total. The third-order valence-electron chi connectivity index (χ3n) is 5.50. The van der Waals surface area contributed by atoms with Crippen molar-refractivity contribution in [2.24, 2.45) is 0 Å². The molecule has 30 heavy (non-hydrogen) atoms. The molecule has 1 amide bonds. The Morgan fingerprint density at radius 1 is 1.10 bits per heavy atom. The van der Waals surface area contributed by atoms with Crippen LogP contribution in [0, 0.1) is 0 Å². The number of hydrogen-bond acceptors (Lipinski definition) is 6. The summed E-state index contributed by atoms with van der Waals surface area (Å²) in [5.41, 5.74) is 1.78. The van der Waals surface area contributed by atoms with Crippen LogP contribution in [0.25, 0.3) is 0 Å². The van der Waals surface area contributed by atoms with Gasteiger partial charge in [0.1, 0.15) is 0 Å². The number of carbonyl (C=O) groups is 1. The fourth-order valence-corrected chi connectivity index (χ4v) is 3.85. The maximum Gasteiger partial charge on any atom is 0.256 e. The van der Waals surface area contributed by atoms with Gasteiger partial charge in [-0.1, -0.05) is 42.5 Å². The van der Waals surface area contributed by atoms with Crippen LogP contribution in [0.2, 0.25) is 0 Å². The van der Waals surface area contributed by atoms with Crippen molar-refractivity contribution in [2.75, 3.05) is 53.3 Å². The lowest BCUT2D eigenvalue weighted by Gasteiger charge is -2.32. The molecule has 0 unspecified atom stereocenters. The van der Waals surface area contributed by atoms with Crippen molar-refractivity contribution in [1.82, 2.24) is 9.80 Å². The monoisotopic (exact) mass is 412 g/mol. The quantitative estimate of drug-likeness (QED) is 0.664. The van der Waals surface area contributed by atoms with E-state index in [4.69, 9.17) is 18.9 Å². The molecule has 160 valence electrons. The number of nitrogens with zero attached hydrogens (tertiary/aromatic N) is 2. The molecule has 0 bridgehead atoms. The number of hydrogen-bond donors (Lipinski definition) is 0. The molecule has 1 atom stereocenters. The normalized spacial score (nSPS) is 17.0. The van der Waals surface area contributed by atoms with Gasteiger partial charge in [-0.05, 0) is 11.6 Å². The van der Waals surface area contributed by atoms with E-state index in [-0.39, 0.29) is 12.7 Å². The summed E-state index contributed by atoms with van der Waals surface area (Å²) in [5.74, 6) is 1.38. The highest BCUT2D eigenvalue weighted by Crippen LogP contribution is 2.36. The molecular weight excluding hydrogens is 384 g/mol. The van der Waals surface area contributed by atoms with Gasteiger partial charge >= 0.3 is 0 Å². The van der Waals surface area contributed by atoms with Gasteiger partial charge in [0, 0.05) is 45.4 Å². The number of amides is 1. The lowest BCUT2D eigenvalue weighted by molar-refractivity contribution is -0.143. The molecule has 0 aromatic heterocycles. The van der Waals surface area contributed by atoms with Crippen LogP contribution in [0.15, 0.2) is 48.5 Å². The Labute approximate surface area is 177 Å². The average Bonchev–Trinajstić information content (AvgIpc) is 3.28. The summed E-state index contributed by atoms with van der Waals surface area (Å²) in [6, 6.07) is 15.4. The van der Waals surface area contributed by atoms with Gasteiger partial charge in [0.25, 0.3) is 5.91 Å². The summed E-state index contributed by atoms with van der Waals surface area (Å²) >= 11 is 0. The summed E-state index contributed by atoms with van der Waals surface area (Å²) in [4.78, 5) is 17.7. The third-order valence-corrected chi connectivity index (χ3v) is 5.50. The van der Waals surface area contributed by atoms with Crippen molar-refractivity contribution in [3.05, 3.63) is 59.7 Å². The summed E-state index contributed by atoms with van der Waals surface area (Å²) in [5, 5.41) is 0. The minimum absolute atomic E-state index is 0.0616. The average molecular weight is 412 g/mol. The zero-order valence-electron chi connectivity index (χ0n) is 17.3. The molecule has 7 heteroatoms. The lowest BCUT2D eigenvalue weighted by Crippen LogP contribution is -2.44. The molecule has 0 N–H and O–H groups in total. The molecule has 0 spiro atoms. The van der Waals surface area contributed by atoms with Crippen LogP contribution in [0.1, 0.15) is 17.2 Å². The van der Waals surface area contributed by atoms with Crippen molar-refractivity contribution in [1.29, 1.82) is 0 Å². The van der Waals surface area contributed by atoms with Crippen LogP contribution >= 0.6 is 0 Å². The predicted molar refractivity (Wildman–Crippen MR) is 111 cm³/mol. The molecular formula is C23H28N2O5. The Morgan fingerprint density at radius 3 is 2.67 bits per heavy atom. The zero-order valence-corrected chi connectivity index (χ0v) is 17.3. The Bertz CT molecular complexity index is 839. The smallest absolute Gasteiger partial charge is 0.256 e. The van der Waals surface area contributed by atoms with Crippen molar-refractivity contribution >= 4 is 5.91 Å². The van der Waals surface area contributed by atoms with Crippen LogP contribution in [-0.4, -0.2) is 69.0 Å². The molecule has 2 aromatic carbocycles. The molecule has 2 heterocycles. The number of methoxy groups -OCH3 is 1. The summed E-state index contributed by atoms with van der Waals surface area (Å²) in [7, 11) is 1.58. The lowest BCUT2D eigenvalue weighted by atomic mass is 10.1. The molecule has 4 rings (SSSR count). The molecule has 1 fully saturated rings. The third kappa shape index (κ3) is 4.75. The standard InChI is InChI=1S/C23H28N2O5/c1-27-22(18-6-3-2-4-7-18)23(26)25(11-10-24-12-14-28-15-13-24)16-19-8-5-9-20-21(19)30-17-29-20/h2-9,22H,10-17H2,1H3/t22-/m1/s1. The molecule has 0 saturated carbocycles. The van der Waals surface area contributed by atoms with Crippen molar-refractivity contribution < 1.29 is 23.7 Å². The predicted octanol–water partition coefficient (Wildman–Crippen LogP) is 2.46. The van der Waals surface area contributed by atoms with E-state index in [1.807, 2.05) is 53.4 Å². The van der Waals surface area contributed by atoms with Crippen LogP contribution < -0.4 is 9.47 Å². The maximum atomic E-state index is 13.5. The molecule has 2 aromatic rings. The van der Waals surface area contributed by atoms with E-state index < -0.39 is 6.10 Å². The minimum atomic E-state index is -0.648. The SMILES string of the molecule is CO[C@@H](C(=O)N(CCN1CCOCC1)Cc1cccc2c1OCO2)c1ccccc1. The number of morpholine rings is 1. The van der Waals surface area contributed by atoms with Gasteiger partial charge in [-0.25, -0.2) is 0 Å². The largest absolute Gasteiger partial charge is 0.454 e. The highest BCUT2D eigenvalue weighted by atomic mass is 16.7. The first-order chi connectivity index (χ1) is 14.8. The van der Waals surface area contributed by atoms with E-state index in [1.54, 1.807) is 7.11 Å². The molecule has 2 aliphatic rings. The van der Waals surface area contributed by atoms with E-state index in [0.717, 1.165) is 55.5 Å². The zero-order chi connectivity index (χ0) is 20.8. The number of rotatable bonds is 8. The highest BCUT2D eigenvalue weighted by Gasteiger charge is 2.28. The van der Waals surface area contributed by atoms with Crippen molar-refractivity contribution in [3.63, 3.8) is 0 Å². The second kappa shape index (κ2) is 9.93. The second-order valence-electron chi connectivity index (χ2n) is 7.39. The number of carbonyl (C=O) groups excluding carboxylic acids is 1. The van der Waals surface area contributed by atoms with E-state index >= 15 is 0 Å². The fraction of sp³-hybridized carbons (Fsp3) is 0.435. The first kappa shape index (κ1) is 20.7. The maximum absolute atomic E-state index is 13.5. The summed E-state index contributed by atoms with van der Waals surface area (Å²) in [6.45, 7) is 5.24. The molecule has 0 aliphatic carbocycles. The van der Waals surface area contributed by atoms with Gasteiger partial charge < -0.3 is 23.8 Å². The van der Waals surface area contributed by atoms with Gasteiger partial charge in [0.05, 0.1) is 13.2 Å². The van der Waals surface area contributed by atoms with E-state index in [0.29, 0.717) is 13.1 Å². The Balaban J connectivity index is 1.54. The van der Waals surface area contributed by atoms with Gasteiger partial charge in [-0.15, -0.1) is 0 Å². The fourth-order valence-electron chi connectivity index (χ4n) is 3.85. The number of fused-ring (bicyclic) bond motifs is 1. The van der Waals surface area contributed by atoms with E-state index in [2.05, 4.69) is 4.90 Å². The van der Waals surface area contributed by atoms with Crippen LogP contribution in [0.4, 0.5) is 0 Å². The van der Waals surface area contributed by atoms with E-state index in [1.165, 1.54) is 0 Å². The van der Waals surface area contributed by atoms with Crippen LogP contribution in [0.5, 0.6) is 11.5 Å². The Morgan fingerprint density at radius 2 is 1.90 bits per heavy atom. The molecule has 2 aliphatic heterocycles. The van der Waals surface area contributed by atoms with Crippen molar-refractivity contribution in [3.8, 4) is 11.5 Å². The Hall–Kier alpha value is -2.61. The van der Waals surface area contributed by atoms with E-state index in [9.17, 15) is 4.79 Å².